The minimum absolute atomic E-state index is 0.127. The van der Waals surface area contributed by atoms with E-state index in [0.717, 1.165) is 38.8 Å². The Bertz CT molecular complexity index is 802. The van der Waals surface area contributed by atoms with Gasteiger partial charge in [0.1, 0.15) is 11.5 Å². The largest absolute Gasteiger partial charge is 0.352 e. The zero-order chi connectivity index (χ0) is 19.1. The van der Waals surface area contributed by atoms with E-state index in [1.807, 2.05) is 4.90 Å². The van der Waals surface area contributed by atoms with Crippen molar-refractivity contribution in [3.05, 3.63) is 65.2 Å². The molecule has 1 aliphatic rings. The standard InChI is InChI=1S/C21H24FN3O2/c22-18-8-4-3-7-16(18)9-12-24-20(26)17-10-11-23-19(15-17)21(27)25-13-5-1-2-6-14-25/h3-4,7-8,10-11,15H,1-2,5-6,9,12-14H2,(H,24,26). The van der Waals surface area contributed by atoms with Gasteiger partial charge >= 0.3 is 0 Å². The van der Waals surface area contributed by atoms with Crippen LogP contribution in [-0.4, -0.2) is 41.3 Å². The number of nitrogens with one attached hydrogen (secondary N) is 1. The first-order valence-electron chi connectivity index (χ1n) is 9.42. The highest BCUT2D eigenvalue weighted by Crippen LogP contribution is 2.13. The summed E-state index contributed by atoms with van der Waals surface area (Å²) < 4.78 is 13.6. The van der Waals surface area contributed by atoms with Crippen molar-refractivity contribution < 1.29 is 14.0 Å². The molecule has 2 aromatic rings. The first kappa shape index (κ1) is 19.0. The summed E-state index contributed by atoms with van der Waals surface area (Å²) in [4.78, 5) is 31.0. The summed E-state index contributed by atoms with van der Waals surface area (Å²) in [5.41, 5.74) is 1.24. The Morgan fingerprint density at radius 2 is 1.81 bits per heavy atom. The maximum absolute atomic E-state index is 13.6. The van der Waals surface area contributed by atoms with E-state index < -0.39 is 0 Å². The van der Waals surface area contributed by atoms with Gasteiger partial charge in [-0.25, -0.2) is 4.39 Å². The Hall–Kier alpha value is -2.76. The molecule has 1 N–H and O–H groups in total. The van der Waals surface area contributed by atoms with Crippen LogP contribution in [0.25, 0.3) is 0 Å². The summed E-state index contributed by atoms with van der Waals surface area (Å²) in [7, 11) is 0. The summed E-state index contributed by atoms with van der Waals surface area (Å²) in [6.07, 6.45) is 6.17. The van der Waals surface area contributed by atoms with Gasteiger partial charge in [-0.2, -0.15) is 0 Å². The Labute approximate surface area is 158 Å². The van der Waals surface area contributed by atoms with Crippen LogP contribution in [0, 0.1) is 5.82 Å². The molecule has 0 spiro atoms. The van der Waals surface area contributed by atoms with Crippen LogP contribution >= 0.6 is 0 Å². The van der Waals surface area contributed by atoms with Crippen LogP contribution in [0.5, 0.6) is 0 Å². The molecule has 2 heterocycles. The van der Waals surface area contributed by atoms with E-state index in [0.29, 0.717) is 29.8 Å². The van der Waals surface area contributed by atoms with Crippen LogP contribution in [0.4, 0.5) is 4.39 Å². The first-order valence-corrected chi connectivity index (χ1v) is 9.42. The third-order valence-electron chi connectivity index (χ3n) is 4.77. The number of amides is 2. The molecule has 1 aromatic carbocycles. The number of rotatable bonds is 5. The number of hydrogen-bond acceptors (Lipinski definition) is 3. The lowest BCUT2D eigenvalue weighted by atomic mass is 10.1. The number of carbonyl (C=O) groups excluding carboxylic acids is 2. The van der Waals surface area contributed by atoms with Crippen molar-refractivity contribution in [3.63, 3.8) is 0 Å². The molecule has 0 bridgehead atoms. The van der Waals surface area contributed by atoms with Gasteiger partial charge in [-0.15, -0.1) is 0 Å². The van der Waals surface area contributed by atoms with Crippen molar-refractivity contribution in [3.8, 4) is 0 Å². The average molecular weight is 369 g/mol. The van der Waals surface area contributed by atoms with Gasteiger partial charge < -0.3 is 10.2 Å². The fourth-order valence-electron chi connectivity index (χ4n) is 3.24. The van der Waals surface area contributed by atoms with E-state index in [4.69, 9.17) is 0 Å². The quantitative estimate of drug-likeness (QED) is 0.880. The van der Waals surface area contributed by atoms with Crippen LogP contribution in [0.15, 0.2) is 42.6 Å². The zero-order valence-corrected chi connectivity index (χ0v) is 15.3. The Morgan fingerprint density at radius 1 is 1.07 bits per heavy atom. The van der Waals surface area contributed by atoms with Gasteiger partial charge in [-0.1, -0.05) is 31.0 Å². The minimum atomic E-state index is -0.293. The van der Waals surface area contributed by atoms with E-state index in [-0.39, 0.29) is 17.6 Å². The minimum Gasteiger partial charge on any atom is -0.352 e. The topological polar surface area (TPSA) is 62.3 Å². The summed E-state index contributed by atoms with van der Waals surface area (Å²) in [6, 6.07) is 9.62. The van der Waals surface area contributed by atoms with Crippen LogP contribution in [-0.2, 0) is 6.42 Å². The van der Waals surface area contributed by atoms with Crippen LogP contribution < -0.4 is 5.32 Å². The van der Waals surface area contributed by atoms with Crippen molar-refractivity contribution in [2.24, 2.45) is 0 Å². The normalized spacial score (nSPS) is 14.5. The second-order valence-electron chi connectivity index (χ2n) is 6.73. The van der Waals surface area contributed by atoms with Gasteiger partial charge in [0.25, 0.3) is 11.8 Å². The molecule has 0 aliphatic carbocycles. The lowest BCUT2D eigenvalue weighted by Crippen LogP contribution is -2.33. The molecular weight excluding hydrogens is 345 g/mol. The van der Waals surface area contributed by atoms with E-state index in [2.05, 4.69) is 10.3 Å². The van der Waals surface area contributed by atoms with Gasteiger partial charge in [0.15, 0.2) is 0 Å². The summed E-state index contributed by atoms with van der Waals surface area (Å²) in [6.45, 7) is 1.79. The molecule has 0 saturated carbocycles. The van der Waals surface area contributed by atoms with Gasteiger partial charge in [-0.05, 0) is 43.0 Å². The van der Waals surface area contributed by atoms with Gasteiger partial charge in [-0.3, -0.25) is 14.6 Å². The van der Waals surface area contributed by atoms with Crippen LogP contribution in [0.2, 0.25) is 0 Å². The molecule has 1 saturated heterocycles. The zero-order valence-electron chi connectivity index (χ0n) is 15.3. The van der Waals surface area contributed by atoms with E-state index in [9.17, 15) is 14.0 Å². The summed E-state index contributed by atoms with van der Waals surface area (Å²) in [5.74, 6) is -0.697. The molecular formula is C21H24FN3O2. The number of carbonyl (C=O) groups is 2. The second kappa shape index (κ2) is 9.26. The van der Waals surface area contributed by atoms with Gasteiger partial charge in [0, 0.05) is 31.4 Å². The lowest BCUT2D eigenvalue weighted by Gasteiger charge is -2.19. The van der Waals surface area contributed by atoms with Gasteiger partial charge in [0.05, 0.1) is 0 Å². The molecule has 27 heavy (non-hydrogen) atoms. The van der Waals surface area contributed by atoms with Crippen molar-refractivity contribution in [1.82, 2.24) is 15.2 Å². The maximum atomic E-state index is 13.6. The summed E-state index contributed by atoms with van der Waals surface area (Å²) in [5, 5.41) is 2.77. The maximum Gasteiger partial charge on any atom is 0.272 e. The molecule has 5 nitrogen and oxygen atoms in total. The lowest BCUT2D eigenvalue weighted by molar-refractivity contribution is 0.0755. The number of aromatic nitrogens is 1. The highest BCUT2D eigenvalue weighted by molar-refractivity contribution is 5.98. The smallest absolute Gasteiger partial charge is 0.272 e. The molecule has 1 aliphatic heterocycles. The molecule has 1 aromatic heterocycles. The van der Waals surface area contributed by atoms with E-state index in [1.54, 1.807) is 24.3 Å². The molecule has 142 valence electrons. The molecule has 3 rings (SSSR count). The Kier molecular flexibility index (Phi) is 6.52. The predicted molar refractivity (Wildman–Crippen MR) is 101 cm³/mol. The van der Waals surface area contributed by atoms with Gasteiger partial charge in [0.2, 0.25) is 0 Å². The SMILES string of the molecule is O=C(NCCc1ccccc1F)c1ccnc(C(=O)N2CCCCCC2)c1. The molecule has 0 unspecified atom stereocenters. The first-order chi connectivity index (χ1) is 13.1. The second-order valence-corrected chi connectivity index (χ2v) is 6.73. The van der Waals surface area contributed by atoms with E-state index in [1.165, 1.54) is 18.3 Å². The molecule has 0 atom stereocenters. The Morgan fingerprint density at radius 3 is 2.56 bits per heavy atom. The fraction of sp³-hybridized carbons (Fsp3) is 0.381. The summed E-state index contributed by atoms with van der Waals surface area (Å²) >= 11 is 0. The molecule has 0 radical (unpaired) electrons. The molecule has 6 heteroatoms. The number of pyridine rings is 1. The Balaban J connectivity index is 1.59. The predicted octanol–water partition coefficient (Wildman–Crippen LogP) is 3.21. The molecule has 2 amide bonds. The highest BCUT2D eigenvalue weighted by Gasteiger charge is 2.19. The van der Waals surface area contributed by atoms with Crippen molar-refractivity contribution in [1.29, 1.82) is 0 Å². The number of halogens is 1. The average Bonchev–Trinajstić information content (AvgIpc) is 2.98. The molecule has 1 fully saturated rings. The number of likely N-dealkylation sites (tertiary alicyclic amines) is 1. The van der Waals surface area contributed by atoms with Crippen molar-refractivity contribution >= 4 is 11.8 Å². The third kappa shape index (κ3) is 5.12. The van der Waals surface area contributed by atoms with Crippen molar-refractivity contribution in [2.45, 2.75) is 32.1 Å². The highest BCUT2D eigenvalue weighted by atomic mass is 19.1. The number of benzene rings is 1. The van der Waals surface area contributed by atoms with Crippen molar-refractivity contribution in [2.75, 3.05) is 19.6 Å². The third-order valence-corrected chi connectivity index (χ3v) is 4.77. The monoisotopic (exact) mass is 369 g/mol. The van der Waals surface area contributed by atoms with Crippen LogP contribution in [0.1, 0.15) is 52.1 Å². The number of nitrogens with zero attached hydrogens (tertiary/aromatic N) is 2. The fourth-order valence-corrected chi connectivity index (χ4v) is 3.24. The van der Waals surface area contributed by atoms with E-state index >= 15 is 0 Å². The van der Waals surface area contributed by atoms with Crippen LogP contribution in [0.3, 0.4) is 0 Å². The number of hydrogen-bond donors (Lipinski definition) is 1.